The maximum absolute atomic E-state index is 13.1. The predicted octanol–water partition coefficient (Wildman–Crippen LogP) is 3.09. The van der Waals surface area contributed by atoms with Crippen molar-refractivity contribution in [3.05, 3.63) is 22.5 Å². The van der Waals surface area contributed by atoms with Gasteiger partial charge in [-0.2, -0.15) is 0 Å². The van der Waals surface area contributed by atoms with Crippen LogP contribution >= 0.6 is 11.6 Å². The van der Waals surface area contributed by atoms with Crippen LogP contribution in [0, 0.1) is 18.2 Å². The summed E-state index contributed by atoms with van der Waals surface area (Å²) in [6, 6.07) is 0. The van der Waals surface area contributed by atoms with Crippen molar-refractivity contribution >= 4 is 11.6 Å². The van der Waals surface area contributed by atoms with Gasteiger partial charge in [0.15, 0.2) is 11.0 Å². The molecule has 0 radical (unpaired) electrons. The van der Waals surface area contributed by atoms with E-state index in [1.54, 1.807) is 6.92 Å². The van der Waals surface area contributed by atoms with Crippen molar-refractivity contribution in [2.75, 3.05) is 0 Å². The second-order valence-electron chi connectivity index (χ2n) is 4.52. The summed E-state index contributed by atoms with van der Waals surface area (Å²) in [5, 5.41) is -0.0600. The van der Waals surface area contributed by atoms with Gasteiger partial charge in [0, 0.05) is 5.92 Å². The first-order valence-corrected chi connectivity index (χ1v) is 4.99. The van der Waals surface area contributed by atoms with Gasteiger partial charge in [0.25, 0.3) is 0 Å². The highest BCUT2D eigenvalue weighted by Crippen LogP contribution is 2.57. The number of halogens is 2. The summed E-state index contributed by atoms with van der Waals surface area (Å²) in [5.41, 5.74) is 0.579. The van der Waals surface area contributed by atoms with Crippen molar-refractivity contribution in [2.24, 2.45) is 5.41 Å². The Morgan fingerprint density at radius 3 is 2.43 bits per heavy atom. The molecular weight excluding hydrogens is 203 g/mol. The first-order valence-electron chi connectivity index (χ1n) is 4.61. The predicted molar refractivity (Wildman–Crippen MR) is 52.9 cm³/mol. The van der Waals surface area contributed by atoms with Crippen LogP contribution in [0.25, 0.3) is 0 Å². The van der Waals surface area contributed by atoms with E-state index in [2.05, 4.69) is 23.8 Å². The topological polar surface area (TPSA) is 25.8 Å². The molecule has 1 atom stereocenters. The molecule has 1 aromatic rings. The minimum absolute atomic E-state index is 0.0600. The Labute approximate surface area is 87.5 Å². The molecule has 2 nitrogen and oxygen atoms in total. The average Bonchev–Trinajstić information content (AvgIpc) is 2.70. The van der Waals surface area contributed by atoms with Crippen LogP contribution in [0.1, 0.15) is 37.7 Å². The molecule has 0 spiro atoms. The van der Waals surface area contributed by atoms with Crippen molar-refractivity contribution < 1.29 is 4.39 Å². The lowest BCUT2D eigenvalue weighted by Gasteiger charge is -2.04. The zero-order chi connectivity index (χ0) is 10.5. The van der Waals surface area contributed by atoms with Gasteiger partial charge in [0.2, 0.25) is 0 Å². The minimum Gasteiger partial charge on any atom is -0.235 e. The molecule has 1 saturated carbocycles. The quantitative estimate of drug-likeness (QED) is 0.672. The van der Waals surface area contributed by atoms with Gasteiger partial charge in [-0.1, -0.05) is 25.4 Å². The molecule has 0 N–H and O–H groups in total. The number of aryl methyl sites for hydroxylation is 1. The third-order valence-corrected chi connectivity index (χ3v) is 3.07. The van der Waals surface area contributed by atoms with E-state index < -0.39 is 5.82 Å². The van der Waals surface area contributed by atoms with E-state index in [0.29, 0.717) is 17.4 Å². The molecule has 4 heteroatoms. The standard InChI is InChI=1S/C10H12ClFN2/c1-5-7(12)8(11)14-9(13-5)6-4-10(6,2)3/h6H,4H2,1-3H3. The Kier molecular flexibility index (Phi) is 2.03. The van der Waals surface area contributed by atoms with Crippen molar-refractivity contribution in [1.82, 2.24) is 9.97 Å². The Morgan fingerprint density at radius 2 is 2.00 bits per heavy atom. The summed E-state index contributed by atoms with van der Waals surface area (Å²) in [5.74, 6) is 0.507. The molecular formula is C10H12ClFN2. The van der Waals surface area contributed by atoms with E-state index in [0.717, 1.165) is 6.42 Å². The van der Waals surface area contributed by atoms with Crippen LogP contribution in [0.4, 0.5) is 4.39 Å². The van der Waals surface area contributed by atoms with E-state index in [-0.39, 0.29) is 10.6 Å². The second-order valence-corrected chi connectivity index (χ2v) is 4.88. The molecule has 0 saturated heterocycles. The van der Waals surface area contributed by atoms with Gasteiger partial charge in [0.05, 0.1) is 5.69 Å². The minimum atomic E-state index is -0.506. The molecule has 1 heterocycles. The van der Waals surface area contributed by atoms with Crippen LogP contribution in [0.15, 0.2) is 0 Å². The van der Waals surface area contributed by atoms with E-state index in [1.165, 1.54) is 0 Å². The third-order valence-electron chi connectivity index (χ3n) is 2.82. The Morgan fingerprint density at radius 1 is 1.43 bits per heavy atom. The summed E-state index contributed by atoms with van der Waals surface area (Å²) in [6.07, 6.45) is 1.05. The normalized spacial score (nSPS) is 23.6. The number of rotatable bonds is 1. The lowest BCUT2D eigenvalue weighted by molar-refractivity contribution is 0.579. The highest BCUT2D eigenvalue weighted by atomic mass is 35.5. The Balaban J connectivity index is 2.38. The van der Waals surface area contributed by atoms with E-state index in [4.69, 9.17) is 11.6 Å². The lowest BCUT2D eigenvalue weighted by Crippen LogP contribution is -2.02. The summed E-state index contributed by atoms with van der Waals surface area (Å²) in [4.78, 5) is 8.09. The zero-order valence-electron chi connectivity index (χ0n) is 8.43. The lowest BCUT2D eigenvalue weighted by atomic mass is 10.1. The van der Waals surface area contributed by atoms with Crippen molar-refractivity contribution in [3.63, 3.8) is 0 Å². The van der Waals surface area contributed by atoms with E-state index in [9.17, 15) is 4.39 Å². The molecule has 0 aromatic carbocycles. The molecule has 1 aliphatic rings. The Hall–Kier alpha value is -0.700. The number of nitrogens with zero attached hydrogens (tertiary/aromatic N) is 2. The fourth-order valence-corrected chi connectivity index (χ4v) is 1.83. The molecule has 76 valence electrons. The fourth-order valence-electron chi connectivity index (χ4n) is 1.61. The summed E-state index contributed by atoms with van der Waals surface area (Å²) in [7, 11) is 0. The van der Waals surface area contributed by atoms with Gasteiger partial charge < -0.3 is 0 Å². The van der Waals surface area contributed by atoms with Crippen LogP contribution in [-0.4, -0.2) is 9.97 Å². The van der Waals surface area contributed by atoms with E-state index >= 15 is 0 Å². The first-order chi connectivity index (χ1) is 6.42. The first kappa shape index (κ1) is 9.84. The molecule has 0 aliphatic heterocycles. The van der Waals surface area contributed by atoms with Crippen molar-refractivity contribution in [3.8, 4) is 0 Å². The molecule has 0 amide bonds. The molecule has 2 rings (SSSR count). The van der Waals surface area contributed by atoms with Gasteiger partial charge in [-0.15, -0.1) is 0 Å². The number of hydrogen-bond acceptors (Lipinski definition) is 2. The average molecular weight is 215 g/mol. The van der Waals surface area contributed by atoms with Gasteiger partial charge in [-0.05, 0) is 18.8 Å². The second kappa shape index (κ2) is 2.89. The highest BCUT2D eigenvalue weighted by Gasteiger charge is 2.48. The molecule has 1 aromatic heterocycles. The Bertz CT molecular complexity index is 367. The monoisotopic (exact) mass is 214 g/mol. The van der Waals surface area contributed by atoms with Gasteiger partial charge in [-0.25, -0.2) is 14.4 Å². The fraction of sp³-hybridized carbons (Fsp3) is 0.600. The van der Waals surface area contributed by atoms with Crippen LogP contribution in [0.2, 0.25) is 5.15 Å². The molecule has 1 fully saturated rings. The maximum Gasteiger partial charge on any atom is 0.181 e. The molecule has 1 aliphatic carbocycles. The third kappa shape index (κ3) is 1.50. The van der Waals surface area contributed by atoms with Crippen LogP contribution in [0.5, 0.6) is 0 Å². The summed E-state index contributed by atoms with van der Waals surface area (Å²) < 4.78 is 13.1. The summed E-state index contributed by atoms with van der Waals surface area (Å²) >= 11 is 5.66. The highest BCUT2D eigenvalue weighted by molar-refractivity contribution is 6.29. The van der Waals surface area contributed by atoms with E-state index in [1.807, 2.05) is 0 Å². The molecule has 1 unspecified atom stereocenters. The van der Waals surface area contributed by atoms with Gasteiger partial charge in [-0.3, -0.25) is 0 Å². The number of aromatic nitrogens is 2. The van der Waals surface area contributed by atoms with Crippen molar-refractivity contribution in [1.29, 1.82) is 0 Å². The molecule has 14 heavy (non-hydrogen) atoms. The van der Waals surface area contributed by atoms with Crippen LogP contribution < -0.4 is 0 Å². The summed E-state index contributed by atoms with van der Waals surface area (Å²) in [6.45, 7) is 5.91. The maximum atomic E-state index is 13.1. The largest absolute Gasteiger partial charge is 0.235 e. The zero-order valence-corrected chi connectivity index (χ0v) is 9.19. The number of hydrogen-bond donors (Lipinski definition) is 0. The van der Waals surface area contributed by atoms with Gasteiger partial charge >= 0.3 is 0 Å². The van der Waals surface area contributed by atoms with Gasteiger partial charge in [0.1, 0.15) is 5.82 Å². The van der Waals surface area contributed by atoms with Crippen LogP contribution in [-0.2, 0) is 0 Å². The molecule has 0 bridgehead atoms. The SMILES string of the molecule is Cc1nc(C2CC2(C)C)nc(Cl)c1F. The van der Waals surface area contributed by atoms with Crippen molar-refractivity contribution in [2.45, 2.75) is 33.1 Å². The van der Waals surface area contributed by atoms with Crippen LogP contribution in [0.3, 0.4) is 0 Å². The smallest absolute Gasteiger partial charge is 0.181 e.